The Morgan fingerprint density at radius 2 is 2.10 bits per heavy atom. The van der Waals surface area contributed by atoms with E-state index in [1.165, 1.54) is 19.2 Å². The highest BCUT2D eigenvalue weighted by Gasteiger charge is 2.18. The van der Waals surface area contributed by atoms with Crippen LogP contribution < -0.4 is 10.2 Å². The first-order valence-electron chi connectivity index (χ1n) is 7.91. The second-order valence-electron chi connectivity index (χ2n) is 6.37. The lowest BCUT2D eigenvalue weighted by Crippen LogP contribution is -2.34. The smallest absolute Gasteiger partial charge is 0.270 e. The molecule has 0 bridgehead atoms. The van der Waals surface area contributed by atoms with Crippen LogP contribution in [-0.2, 0) is 0 Å². The molecule has 1 fully saturated rings. The molecule has 5 nitrogen and oxygen atoms in total. The van der Waals surface area contributed by atoms with Crippen molar-refractivity contribution in [3.05, 3.63) is 18.1 Å². The molecule has 2 heterocycles. The highest BCUT2D eigenvalue weighted by Crippen LogP contribution is 2.21. The van der Waals surface area contributed by atoms with E-state index >= 15 is 0 Å². The monoisotopic (exact) mass is 290 g/mol. The molecule has 1 amide bonds. The van der Waals surface area contributed by atoms with Crippen molar-refractivity contribution in [2.75, 3.05) is 24.5 Å². The second-order valence-corrected chi connectivity index (χ2v) is 6.37. The molecule has 116 valence electrons. The molecule has 1 N–H and O–H groups in total. The fourth-order valence-corrected chi connectivity index (χ4v) is 2.45. The van der Waals surface area contributed by atoms with Gasteiger partial charge in [0.2, 0.25) is 0 Å². The summed E-state index contributed by atoms with van der Waals surface area (Å²) in [7, 11) is 0. The molecule has 0 aliphatic carbocycles. The predicted octanol–water partition coefficient (Wildman–Crippen LogP) is 2.49. The van der Waals surface area contributed by atoms with Crippen molar-refractivity contribution in [3.8, 4) is 0 Å². The summed E-state index contributed by atoms with van der Waals surface area (Å²) in [6.07, 6.45) is 4.83. The lowest BCUT2D eigenvalue weighted by Gasteiger charge is -2.31. The van der Waals surface area contributed by atoms with Crippen molar-refractivity contribution in [1.29, 1.82) is 0 Å². The summed E-state index contributed by atoms with van der Waals surface area (Å²) in [5.74, 6) is 2.12. The van der Waals surface area contributed by atoms with E-state index in [1.54, 1.807) is 6.07 Å². The van der Waals surface area contributed by atoms with Gasteiger partial charge in [-0.3, -0.25) is 4.79 Å². The van der Waals surface area contributed by atoms with E-state index in [1.807, 2.05) is 0 Å². The van der Waals surface area contributed by atoms with Crippen LogP contribution in [0, 0.1) is 11.8 Å². The average molecular weight is 290 g/mol. The third-order valence-electron chi connectivity index (χ3n) is 4.00. The standard InChI is InChI=1S/C16H26N4O/c1-12(2)4-7-17-16(21)14-10-15(19-11-18-14)20-8-5-13(3)6-9-20/h10-13H,4-9H2,1-3H3,(H,17,21). The van der Waals surface area contributed by atoms with E-state index < -0.39 is 0 Å². The number of hydrogen-bond acceptors (Lipinski definition) is 4. The molecule has 1 aromatic rings. The van der Waals surface area contributed by atoms with Gasteiger partial charge in [-0.15, -0.1) is 0 Å². The maximum absolute atomic E-state index is 12.1. The van der Waals surface area contributed by atoms with E-state index in [-0.39, 0.29) is 5.91 Å². The van der Waals surface area contributed by atoms with Gasteiger partial charge in [0.05, 0.1) is 0 Å². The zero-order valence-corrected chi connectivity index (χ0v) is 13.3. The van der Waals surface area contributed by atoms with Gasteiger partial charge in [-0.25, -0.2) is 9.97 Å². The third-order valence-corrected chi connectivity index (χ3v) is 4.00. The van der Waals surface area contributed by atoms with Crippen LogP contribution in [0.3, 0.4) is 0 Å². The van der Waals surface area contributed by atoms with Gasteiger partial charge in [0.15, 0.2) is 0 Å². The van der Waals surface area contributed by atoms with Gasteiger partial charge in [-0.1, -0.05) is 20.8 Å². The van der Waals surface area contributed by atoms with Gasteiger partial charge in [0.25, 0.3) is 5.91 Å². The minimum absolute atomic E-state index is 0.107. The fraction of sp³-hybridized carbons (Fsp3) is 0.688. The number of amides is 1. The predicted molar refractivity (Wildman–Crippen MR) is 84.4 cm³/mol. The zero-order valence-electron chi connectivity index (χ0n) is 13.3. The lowest BCUT2D eigenvalue weighted by atomic mass is 9.99. The average Bonchev–Trinajstić information content (AvgIpc) is 2.47. The fourth-order valence-electron chi connectivity index (χ4n) is 2.45. The Kier molecular flexibility index (Phi) is 5.53. The van der Waals surface area contributed by atoms with Crippen LogP contribution in [0.5, 0.6) is 0 Å². The summed E-state index contributed by atoms with van der Waals surface area (Å²) in [5.41, 5.74) is 0.461. The van der Waals surface area contributed by atoms with E-state index in [9.17, 15) is 4.79 Å². The zero-order chi connectivity index (χ0) is 15.2. The quantitative estimate of drug-likeness (QED) is 0.905. The minimum atomic E-state index is -0.107. The molecular weight excluding hydrogens is 264 g/mol. The molecule has 0 saturated carbocycles. The molecule has 0 aromatic carbocycles. The first kappa shape index (κ1) is 15.7. The third kappa shape index (κ3) is 4.69. The topological polar surface area (TPSA) is 58.1 Å². The number of aromatic nitrogens is 2. The molecule has 21 heavy (non-hydrogen) atoms. The number of anilines is 1. The summed E-state index contributed by atoms with van der Waals surface area (Å²) < 4.78 is 0. The maximum atomic E-state index is 12.1. The number of hydrogen-bond donors (Lipinski definition) is 1. The molecule has 1 saturated heterocycles. The Balaban J connectivity index is 1.95. The molecule has 2 rings (SSSR count). The van der Waals surface area contributed by atoms with Gasteiger partial charge in [0, 0.05) is 25.7 Å². The molecule has 1 aliphatic rings. The Morgan fingerprint density at radius 1 is 1.38 bits per heavy atom. The maximum Gasteiger partial charge on any atom is 0.270 e. The van der Waals surface area contributed by atoms with Gasteiger partial charge < -0.3 is 10.2 Å². The number of rotatable bonds is 5. The first-order valence-corrected chi connectivity index (χ1v) is 7.91. The van der Waals surface area contributed by atoms with Crippen LogP contribution in [0.2, 0.25) is 0 Å². The number of carbonyl (C=O) groups is 1. The Morgan fingerprint density at radius 3 is 2.76 bits per heavy atom. The van der Waals surface area contributed by atoms with Crippen molar-refractivity contribution in [2.45, 2.75) is 40.0 Å². The second kappa shape index (κ2) is 7.38. The largest absolute Gasteiger partial charge is 0.356 e. The van der Waals surface area contributed by atoms with Crippen LogP contribution >= 0.6 is 0 Å². The highest BCUT2D eigenvalue weighted by molar-refractivity contribution is 5.92. The Bertz CT molecular complexity index is 467. The van der Waals surface area contributed by atoms with E-state index in [2.05, 4.69) is 41.0 Å². The molecule has 0 unspecified atom stereocenters. The van der Waals surface area contributed by atoms with Crippen LogP contribution in [0.15, 0.2) is 12.4 Å². The van der Waals surface area contributed by atoms with E-state index in [0.29, 0.717) is 18.2 Å². The summed E-state index contributed by atoms with van der Waals surface area (Å²) in [4.78, 5) is 22.7. The van der Waals surface area contributed by atoms with Crippen LogP contribution in [-0.4, -0.2) is 35.5 Å². The summed E-state index contributed by atoms with van der Waals surface area (Å²) in [5, 5.41) is 2.92. The Hall–Kier alpha value is -1.65. The SMILES string of the molecule is CC(C)CCNC(=O)c1cc(N2CCC(C)CC2)ncn1. The number of nitrogens with zero attached hydrogens (tertiary/aromatic N) is 3. The number of carbonyl (C=O) groups excluding carboxylic acids is 1. The van der Waals surface area contributed by atoms with Gasteiger partial charge >= 0.3 is 0 Å². The van der Waals surface area contributed by atoms with Crippen LogP contribution in [0.1, 0.15) is 50.5 Å². The van der Waals surface area contributed by atoms with Crippen molar-refractivity contribution in [1.82, 2.24) is 15.3 Å². The molecule has 1 aromatic heterocycles. The normalized spacial score (nSPS) is 16.3. The highest BCUT2D eigenvalue weighted by atomic mass is 16.1. The van der Waals surface area contributed by atoms with Crippen molar-refractivity contribution in [3.63, 3.8) is 0 Å². The molecule has 0 atom stereocenters. The van der Waals surface area contributed by atoms with Gasteiger partial charge in [0.1, 0.15) is 17.8 Å². The first-order chi connectivity index (χ1) is 10.1. The van der Waals surface area contributed by atoms with Crippen molar-refractivity contribution < 1.29 is 4.79 Å². The van der Waals surface area contributed by atoms with Gasteiger partial charge in [-0.2, -0.15) is 0 Å². The summed E-state index contributed by atoms with van der Waals surface area (Å²) >= 11 is 0. The Labute approximate surface area is 127 Å². The van der Waals surface area contributed by atoms with Crippen molar-refractivity contribution >= 4 is 11.7 Å². The van der Waals surface area contributed by atoms with E-state index in [4.69, 9.17) is 0 Å². The molecular formula is C16H26N4O. The lowest BCUT2D eigenvalue weighted by molar-refractivity contribution is 0.0947. The number of nitrogens with one attached hydrogen (secondary N) is 1. The van der Waals surface area contributed by atoms with Crippen molar-refractivity contribution in [2.24, 2.45) is 11.8 Å². The number of piperidine rings is 1. The molecule has 0 radical (unpaired) electrons. The summed E-state index contributed by atoms with van der Waals surface area (Å²) in [6, 6.07) is 1.81. The van der Waals surface area contributed by atoms with Crippen LogP contribution in [0.25, 0.3) is 0 Å². The van der Waals surface area contributed by atoms with Crippen LogP contribution in [0.4, 0.5) is 5.82 Å². The molecule has 5 heteroatoms. The molecule has 0 spiro atoms. The van der Waals surface area contributed by atoms with Gasteiger partial charge in [-0.05, 0) is 31.1 Å². The molecule has 1 aliphatic heterocycles. The van der Waals surface area contributed by atoms with E-state index in [0.717, 1.165) is 31.2 Å². The minimum Gasteiger partial charge on any atom is -0.356 e. The summed E-state index contributed by atoms with van der Waals surface area (Å²) in [6.45, 7) is 9.28.